The number of thiophene rings is 2. The fraction of sp³-hybridized carbons (Fsp3) is 0.429. The molecular formula is C21H24N4O3S2. The maximum atomic E-state index is 12.7. The molecule has 0 aromatic carbocycles. The fourth-order valence-corrected chi connectivity index (χ4v) is 5.86. The molecule has 158 valence electrons. The van der Waals surface area contributed by atoms with Gasteiger partial charge in [0.25, 0.3) is 17.4 Å². The molecule has 2 amide bonds. The van der Waals surface area contributed by atoms with E-state index in [2.05, 4.69) is 15.8 Å². The molecule has 2 N–H and O–H groups in total. The van der Waals surface area contributed by atoms with E-state index < -0.39 is 5.91 Å². The molecule has 3 aromatic heterocycles. The normalized spacial score (nSPS) is 14.1. The van der Waals surface area contributed by atoms with E-state index in [-0.39, 0.29) is 18.0 Å². The Morgan fingerprint density at radius 3 is 2.67 bits per heavy atom. The van der Waals surface area contributed by atoms with Gasteiger partial charge in [0.2, 0.25) is 0 Å². The van der Waals surface area contributed by atoms with Gasteiger partial charge >= 0.3 is 0 Å². The number of aryl methyl sites for hydroxylation is 4. The number of nitrogens with zero attached hydrogens (tertiary/aromatic N) is 2. The highest BCUT2D eigenvalue weighted by molar-refractivity contribution is 7.18. The highest BCUT2D eigenvalue weighted by atomic mass is 32.1. The third-order valence-electron chi connectivity index (χ3n) is 5.51. The van der Waals surface area contributed by atoms with Crippen LogP contribution in [0.3, 0.4) is 0 Å². The Morgan fingerprint density at radius 2 is 1.87 bits per heavy atom. The van der Waals surface area contributed by atoms with Gasteiger partial charge in [0.15, 0.2) is 0 Å². The highest BCUT2D eigenvalue weighted by Gasteiger charge is 2.17. The molecule has 0 saturated carbocycles. The standard InChI is InChI=1S/C21H24N4O3S2/c1-12-13(2)29-20-18(12)21(28)25(11-22-20)10-17(26)23-24-19(27)16-9-14-7-5-3-4-6-8-15(14)30-16/h9,11H,3-8,10H2,1-2H3,(H,23,26)(H,24,27). The summed E-state index contributed by atoms with van der Waals surface area (Å²) in [5.41, 5.74) is 6.78. The number of hydrogen-bond donors (Lipinski definition) is 2. The van der Waals surface area contributed by atoms with Gasteiger partial charge in [-0.3, -0.25) is 29.8 Å². The van der Waals surface area contributed by atoms with Crippen molar-refractivity contribution in [3.05, 3.63) is 48.5 Å². The molecule has 0 bridgehead atoms. The van der Waals surface area contributed by atoms with E-state index in [4.69, 9.17) is 0 Å². The molecule has 9 heteroatoms. The van der Waals surface area contributed by atoms with Gasteiger partial charge in [-0.2, -0.15) is 0 Å². The monoisotopic (exact) mass is 444 g/mol. The summed E-state index contributed by atoms with van der Waals surface area (Å²) in [5.74, 6) is -0.809. The van der Waals surface area contributed by atoms with Crippen LogP contribution in [0.15, 0.2) is 17.2 Å². The van der Waals surface area contributed by atoms with Crippen molar-refractivity contribution in [1.82, 2.24) is 20.4 Å². The van der Waals surface area contributed by atoms with Crippen molar-refractivity contribution in [2.45, 2.75) is 58.9 Å². The summed E-state index contributed by atoms with van der Waals surface area (Å²) >= 11 is 2.97. The molecule has 3 heterocycles. The number of rotatable bonds is 3. The molecule has 1 aliphatic carbocycles. The van der Waals surface area contributed by atoms with Crippen LogP contribution in [-0.4, -0.2) is 21.4 Å². The molecule has 0 saturated heterocycles. The van der Waals surface area contributed by atoms with Crippen molar-refractivity contribution < 1.29 is 9.59 Å². The van der Waals surface area contributed by atoms with Gasteiger partial charge in [0, 0.05) is 9.75 Å². The third-order valence-corrected chi connectivity index (χ3v) is 7.86. The minimum Gasteiger partial charge on any atom is -0.289 e. The van der Waals surface area contributed by atoms with E-state index in [0.717, 1.165) is 36.1 Å². The van der Waals surface area contributed by atoms with Crippen molar-refractivity contribution in [2.75, 3.05) is 0 Å². The Labute approximate surface area is 182 Å². The number of amides is 2. The summed E-state index contributed by atoms with van der Waals surface area (Å²) in [5, 5.41) is 0.549. The lowest BCUT2D eigenvalue weighted by atomic mass is 10.00. The Balaban J connectivity index is 1.40. The number of aromatic nitrogens is 2. The zero-order valence-electron chi connectivity index (χ0n) is 17.0. The summed E-state index contributed by atoms with van der Waals surface area (Å²) in [6.07, 6.45) is 8.17. The van der Waals surface area contributed by atoms with Crippen molar-refractivity contribution in [2.24, 2.45) is 0 Å². The van der Waals surface area contributed by atoms with E-state index in [1.807, 2.05) is 19.9 Å². The highest BCUT2D eigenvalue weighted by Crippen LogP contribution is 2.28. The van der Waals surface area contributed by atoms with Crippen LogP contribution >= 0.6 is 22.7 Å². The first kappa shape index (κ1) is 20.7. The van der Waals surface area contributed by atoms with Crippen molar-refractivity contribution in [1.29, 1.82) is 0 Å². The molecule has 0 atom stereocenters. The van der Waals surface area contributed by atoms with Crippen LogP contribution in [-0.2, 0) is 24.2 Å². The predicted molar refractivity (Wildman–Crippen MR) is 119 cm³/mol. The van der Waals surface area contributed by atoms with E-state index >= 15 is 0 Å². The Bertz CT molecular complexity index is 1150. The third kappa shape index (κ3) is 4.17. The quantitative estimate of drug-likeness (QED) is 0.607. The Hall–Kier alpha value is -2.52. The average molecular weight is 445 g/mol. The Kier molecular flexibility index (Phi) is 6.01. The van der Waals surface area contributed by atoms with Gasteiger partial charge in [-0.15, -0.1) is 22.7 Å². The second-order valence-corrected chi connectivity index (χ2v) is 9.96. The van der Waals surface area contributed by atoms with E-state index in [9.17, 15) is 14.4 Å². The first-order chi connectivity index (χ1) is 14.4. The minimum atomic E-state index is -0.480. The lowest BCUT2D eigenvalue weighted by Gasteiger charge is -2.08. The molecule has 0 fully saturated rings. The van der Waals surface area contributed by atoms with Gasteiger partial charge in [0.1, 0.15) is 11.4 Å². The number of carbonyl (C=O) groups excluding carboxylic acids is 2. The zero-order chi connectivity index (χ0) is 21.3. The fourth-order valence-electron chi connectivity index (χ4n) is 3.72. The molecule has 3 aromatic rings. The summed E-state index contributed by atoms with van der Waals surface area (Å²) < 4.78 is 1.26. The number of nitrogens with one attached hydrogen (secondary N) is 2. The molecule has 0 aliphatic heterocycles. The van der Waals surface area contributed by atoms with Crippen LogP contribution in [0.4, 0.5) is 0 Å². The predicted octanol–water partition coefficient (Wildman–Crippen LogP) is 3.26. The van der Waals surface area contributed by atoms with E-state index in [1.54, 1.807) is 0 Å². The number of hydrazine groups is 1. The summed E-state index contributed by atoms with van der Waals surface area (Å²) in [6, 6.07) is 1.94. The smallest absolute Gasteiger partial charge is 0.279 e. The molecule has 0 unspecified atom stereocenters. The second-order valence-electron chi connectivity index (χ2n) is 7.62. The average Bonchev–Trinajstić information content (AvgIpc) is 3.23. The summed E-state index contributed by atoms with van der Waals surface area (Å²) in [7, 11) is 0. The maximum absolute atomic E-state index is 12.7. The molecule has 30 heavy (non-hydrogen) atoms. The topological polar surface area (TPSA) is 93.1 Å². The summed E-state index contributed by atoms with van der Waals surface area (Å²) in [6.45, 7) is 3.61. The lowest BCUT2D eigenvalue weighted by Crippen LogP contribution is -2.44. The van der Waals surface area contributed by atoms with Crippen LogP contribution in [0.1, 0.15) is 56.2 Å². The van der Waals surface area contributed by atoms with Gasteiger partial charge < -0.3 is 0 Å². The van der Waals surface area contributed by atoms with Gasteiger partial charge in [-0.05, 0) is 56.7 Å². The SMILES string of the molecule is Cc1sc2ncn(CC(=O)NNC(=O)c3cc4c(s3)CCCCCC4)c(=O)c2c1C. The molecule has 0 radical (unpaired) electrons. The van der Waals surface area contributed by atoms with Crippen LogP contribution in [0.5, 0.6) is 0 Å². The van der Waals surface area contributed by atoms with Crippen LogP contribution in [0.2, 0.25) is 0 Å². The van der Waals surface area contributed by atoms with Crippen molar-refractivity contribution in [3.63, 3.8) is 0 Å². The van der Waals surface area contributed by atoms with Gasteiger partial charge in [0.05, 0.1) is 16.6 Å². The number of hydrogen-bond acceptors (Lipinski definition) is 6. The Morgan fingerprint density at radius 1 is 1.10 bits per heavy atom. The largest absolute Gasteiger partial charge is 0.289 e. The van der Waals surface area contributed by atoms with Crippen molar-refractivity contribution >= 4 is 44.7 Å². The first-order valence-electron chi connectivity index (χ1n) is 10.1. The second kappa shape index (κ2) is 8.69. The summed E-state index contributed by atoms with van der Waals surface area (Å²) in [4.78, 5) is 45.4. The maximum Gasteiger partial charge on any atom is 0.279 e. The van der Waals surface area contributed by atoms with Crippen LogP contribution in [0.25, 0.3) is 10.2 Å². The molecule has 1 aliphatic rings. The van der Waals surface area contributed by atoms with Crippen molar-refractivity contribution in [3.8, 4) is 0 Å². The van der Waals surface area contributed by atoms with Gasteiger partial charge in [-0.1, -0.05) is 12.8 Å². The zero-order valence-corrected chi connectivity index (χ0v) is 18.7. The van der Waals surface area contributed by atoms with Gasteiger partial charge in [-0.25, -0.2) is 4.98 Å². The molecule has 0 spiro atoms. The first-order valence-corrected chi connectivity index (χ1v) is 11.7. The molecular weight excluding hydrogens is 420 g/mol. The van der Waals surface area contributed by atoms with Crippen LogP contribution < -0.4 is 16.4 Å². The lowest BCUT2D eigenvalue weighted by molar-refractivity contribution is -0.122. The number of carbonyl (C=O) groups is 2. The molecule has 4 rings (SSSR count). The molecule has 7 nitrogen and oxygen atoms in total. The minimum absolute atomic E-state index is 0.211. The van der Waals surface area contributed by atoms with Crippen LogP contribution in [0, 0.1) is 13.8 Å². The number of fused-ring (bicyclic) bond motifs is 2. The van der Waals surface area contributed by atoms with E-state index in [0.29, 0.717) is 15.1 Å². The van der Waals surface area contributed by atoms with E-state index in [1.165, 1.54) is 56.9 Å².